The molecule has 7 N–H and O–H groups in total. The number of hydrogen-bond donors (Lipinski definition) is 7. The zero-order valence-electron chi connectivity index (χ0n) is 80.1. The molecular formula is C81H139N3O24P37S-3. The van der Waals surface area contributed by atoms with Crippen LogP contribution in [0.5, 0.6) is 5.75 Å². The summed E-state index contributed by atoms with van der Waals surface area (Å²) in [6, 6.07) is 33.7. The van der Waals surface area contributed by atoms with Gasteiger partial charge in [0, 0.05) is 43.5 Å². The van der Waals surface area contributed by atoms with Crippen molar-refractivity contribution in [3.63, 3.8) is 0 Å². The van der Waals surface area contributed by atoms with Crippen molar-refractivity contribution in [2.24, 2.45) is 11.8 Å². The fourth-order valence-electron chi connectivity index (χ4n) is 13.5. The Kier molecular flexibility index (Phi) is 74.4. The van der Waals surface area contributed by atoms with Gasteiger partial charge in [0.15, 0.2) is 35.2 Å². The van der Waals surface area contributed by atoms with Gasteiger partial charge < -0.3 is 111 Å². The summed E-state index contributed by atoms with van der Waals surface area (Å²) in [5, 5.41) is 65.2. The molecule has 2 amide bonds. The molecule has 0 aromatic heterocycles. The van der Waals surface area contributed by atoms with E-state index in [0.29, 0.717) is 48.1 Å². The number of carbonyl (C=O) groups is 8. The summed E-state index contributed by atoms with van der Waals surface area (Å²) >= 11 is 5.69. The largest absolute Gasteiger partial charge is 0.553 e. The standard InChI is InChI=1S/C26H33N2O9PS.C25H26O5.C14H17NO6.C14H18O4.2CH4.H19P18.H18P18/c1-5-6-13-26(33)23(31)21(36-25(26)28-14-12-19(29)15-22(28)30)16-34-38(39,37-20-10-8-7-9-11-20)27-18(4)24(32)35-17(2)3;1-4-6-17-25(30-23(27)20-15-11-8-12-16-20)18(3)21(5-2)28-24(25)29-22(26)19-13-9-7-10-14-19;1-2-3-5-14(20)12(19)10(8-16)21-13(14)15-6-4-9(17)7-11(15)18;1-3-11-9(2)12(15)14(17-11)18-13(16)10-7-5-4-6-8-10;;;2*1-11(2)16(12(3)4)18(15(9)10)17(13(5)6)14(7)8/h7-12,14,17-18,21,23,25,31,33H,5,15-16H2,1-4H3,(H,27,39);7-16,18,21,24H,4-5H2,1-3H3;4,6,10,12-13,16,19-20H,2,7-8H2,1H3;4-9,11-12,14-15H,3H2,1-2H3;2*1H4;9H,1-8,10H2;9-10H,1-8H2/q;;;;;;-1;-2/t18-,21+,23+,25+,26+,38?;18-,21-,24-,25-;10-,12-,13-,14-;9-,11-,12-,14-;;;;/m0111..../s1. The van der Waals surface area contributed by atoms with Gasteiger partial charge in [0.1, 0.15) is 42.3 Å². The Morgan fingerprint density at radius 2 is 0.884 bits per heavy atom. The molecule has 0 spiro atoms. The molecule has 0 bridgehead atoms. The van der Waals surface area contributed by atoms with E-state index in [-0.39, 0.29) is 176 Å². The third kappa shape index (κ3) is 44.7. The van der Waals surface area contributed by atoms with Crippen LogP contribution >= 0.6 is 297 Å². The van der Waals surface area contributed by atoms with Crippen LogP contribution in [0.15, 0.2) is 146 Å². The van der Waals surface area contributed by atoms with Crippen molar-refractivity contribution in [2.75, 3.05) is 13.2 Å². The van der Waals surface area contributed by atoms with Gasteiger partial charge in [-0.1, -0.05) is 161 Å². The number of amides is 2. The van der Waals surface area contributed by atoms with Crippen molar-refractivity contribution in [1.29, 1.82) is 0 Å². The van der Waals surface area contributed by atoms with Gasteiger partial charge in [-0.2, -0.15) is 0 Å². The summed E-state index contributed by atoms with van der Waals surface area (Å²) in [4.78, 5) is 99.3. The number of ether oxygens (including phenoxy) is 8. The average Bonchev–Trinajstić information content (AvgIpc) is 1.60. The summed E-state index contributed by atoms with van der Waals surface area (Å²) in [7, 11) is 64.6. The van der Waals surface area contributed by atoms with Gasteiger partial charge >= 0.3 is 30.5 Å². The minimum absolute atomic E-state index is 0. The molecule has 0 aliphatic carbocycles. The number of benzene rings is 4. The van der Waals surface area contributed by atoms with Crippen molar-refractivity contribution in [2.45, 2.75) is 226 Å². The Balaban J connectivity index is 0.000000462. The lowest BCUT2D eigenvalue weighted by atomic mass is 9.86. The first-order valence-corrected chi connectivity index (χ1v) is 109. The van der Waals surface area contributed by atoms with Crippen LogP contribution in [-0.2, 0) is 78.2 Å². The van der Waals surface area contributed by atoms with Gasteiger partial charge in [0.2, 0.25) is 23.7 Å². The lowest BCUT2D eigenvalue weighted by Crippen LogP contribution is -2.55. The Morgan fingerprint density at radius 3 is 1.24 bits per heavy atom. The molecule has 4 saturated heterocycles. The van der Waals surface area contributed by atoms with Crippen LogP contribution in [-0.4, -0.2) is 198 Å². The highest BCUT2D eigenvalue weighted by molar-refractivity contribution is 9.35. The van der Waals surface area contributed by atoms with Crippen molar-refractivity contribution in [3.05, 3.63) is 163 Å². The number of aliphatic hydroxyl groups is 6. The molecule has 19 unspecified atom stereocenters. The Morgan fingerprint density at radius 1 is 0.514 bits per heavy atom. The Labute approximate surface area is 933 Å². The van der Waals surface area contributed by atoms with E-state index in [1.807, 2.05) is 52.8 Å². The van der Waals surface area contributed by atoms with E-state index in [1.54, 1.807) is 138 Å². The van der Waals surface area contributed by atoms with E-state index < -0.39 is 140 Å². The number of nitrogens with zero attached hydrogens (tertiary/aromatic N) is 2. The van der Waals surface area contributed by atoms with Crippen LogP contribution < -0.4 is 9.61 Å². The van der Waals surface area contributed by atoms with E-state index in [9.17, 15) is 69.0 Å². The molecule has 10 rings (SSSR count). The van der Waals surface area contributed by atoms with Gasteiger partial charge in [-0.05, 0) is 203 Å². The second-order valence-corrected chi connectivity index (χ2v) is 172. The molecule has 4 fully saturated rings. The van der Waals surface area contributed by atoms with E-state index in [0.717, 1.165) is 16.2 Å². The van der Waals surface area contributed by atoms with Crippen molar-refractivity contribution in [1.82, 2.24) is 14.9 Å². The molecule has 6 aliphatic rings. The second kappa shape index (κ2) is 74.0. The number of nitrogens with one attached hydrogen (secondary N) is 1. The zero-order valence-corrected chi connectivity index (χ0v) is 119. The molecule has 36 atom stereocenters. The van der Waals surface area contributed by atoms with E-state index in [1.165, 1.54) is 24.6 Å². The first-order chi connectivity index (χ1) is 67.7. The number of aliphatic hydroxyl groups excluding tert-OH is 4. The topological polar surface area (TPSA) is 369 Å². The van der Waals surface area contributed by atoms with Crippen molar-refractivity contribution in [3.8, 4) is 41.3 Å². The van der Waals surface area contributed by atoms with E-state index in [2.05, 4.69) is 219 Å². The van der Waals surface area contributed by atoms with Crippen LogP contribution in [0.4, 0.5) is 0 Å². The summed E-state index contributed by atoms with van der Waals surface area (Å²) in [5.74, 6) is 12.6. The molecule has 0 radical (unpaired) electrons. The summed E-state index contributed by atoms with van der Waals surface area (Å²) in [5.41, 5.74) is -4.36. The molecule has 4 aromatic carbocycles. The molecule has 0 saturated carbocycles. The maximum absolute atomic E-state index is 12.9. The molecule has 4 aromatic rings. The van der Waals surface area contributed by atoms with Crippen LogP contribution in [0.3, 0.4) is 0 Å². The Hall–Kier alpha value is 6.65. The highest BCUT2D eigenvalue weighted by Crippen LogP contribution is 3.29. The normalized spacial score (nSPS) is 24.9. The molecule has 6 heterocycles. The summed E-state index contributed by atoms with van der Waals surface area (Å²) in [6.07, 6.45) is -4.65. The number of carbonyl (C=O) groups excluding carboxylic acids is 8. The lowest BCUT2D eigenvalue weighted by molar-refractivity contribution is -0.156. The lowest BCUT2D eigenvalue weighted by Gasteiger charge is -2.52. The predicted octanol–water partition coefficient (Wildman–Crippen LogP) is 29.3. The highest BCUT2D eigenvalue weighted by Gasteiger charge is 2.62. The van der Waals surface area contributed by atoms with Crippen LogP contribution in [0.2, 0.25) is 0 Å². The number of hydrogen-bond acceptors (Lipinski definition) is 25. The van der Waals surface area contributed by atoms with Gasteiger partial charge in [-0.15, -0.1) is 164 Å². The summed E-state index contributed by atoms with van der Waals surface area (Å²) < 4.78 is 56.9. The number of para-hydroxylation sites is 1. The molecule has 146 heavy (non-hydrogen) atoms. The van der Waals surface area contributed by atoms with Gasteiger partial charge in [0.05, 0.1) is 61.1 Å². The maximum atomic E-state index is 12.9. The molecule has 27 nitrogen and oxygen atoms in total. The predicted molar refractivity (Wildman–Crippen MR) is 708 cm³/mol. The third-order valence-electron chi connectivity index (χ3n) is 20.3. The quantitative estimate of drug-likeness (QED) is 0.00751. The maximum Gasteiger partial charge on any atom is 0.340 e. The number of esters is 4. The smallest absolute Gasteiger partial charge is 0.340 e. The summed E-state index contributed by atoms with van der Waals surface area (Å²) in [6.45, 7) is 14.3. The average molecular weight is 2720 g/mol. The number of ketones is 2. The van der Waals surface area contributed by atoms with Crippen molar-refractivity contribution < 1.29 is 116 Å². The fraction of sp³-hybridized carbons (Fsp3) is 0.481. The van der Waals surface area contributed by atoms with E-state index in [4.69, 9.17) is 58.7 Å². The monoisotopic (exact) mass is 2720 g/mol. The minimum atomic E-state index is -3.47. The van der Waals surface area contributed by atoms with Crippen molar-refractivity contribution >= 4 is 356 Å². The van der Waals surface area contributed by atoms with Gasteiger partial charge in [-0.25, -0.2) is 26.5 Å². The Bertz CT molecular complexity index is 4960. The molecular weight excluding hydrogens is 2580 g/mol. The first kappa shape index (κ1) is 147. The highest BCUT2D eigenvalue weighted by atomic mass is 33.4. The van der Waals surface area contributed by atoms with E-state index >= 15 is 0 Å². The van der Waals surface area contributed by atoms with Crippen LogP contribution in [0.25, 0.3) is 0 Å². The third-order valence-corrected chi connectivity index (χ3v) is 236. The zero-order chi connectivity index (χ0) is 108. The molecule has 6 aliphatic heterocycles. The van der Waals surface area contributed by atoms with Gasteiger partial charge in [-0.3, -0.25) is 33.8 Å². The minimum Gasteiger partial charge on any atom is -0.553 e. The van der Waals surface area contributed by atoms with Crippen LogP contribution in [0, 0.1) is 47.4 Å². The number of rotatable bonds is 34. The number of allylic oxidation sites excluding steroid dienone is 2. The van der Waals surface area contributed by atoms with Crippen LogP contribution in [0.1, 0.15) is 160 Å². The SMILES string of the molecule is C.C.CCC#C[C@@]1(O)[C@H](O)[C@@H](CO)O[C@H]1N1C=CC(=O)CC1=O.CCC#C[C@@]1(O)[C@H](O)[C@@H](COP(=S)(N[C@@H](C)C(=O)OC(C)C)Oc2ccccc2)O[C@H]1N1C=CC(=O)CC1=O.CCC#C[C@]1(OC(=O)c2ccccc2)[C@@H](OC(=O)c2ccccc2)O[C@H](CC)[C@H]1C.CC[C@H]1O[C@H](OC(=O)c2ccccc2)[C@H](O)[C@@H]1C.[PH-]P(P)P(P(P(P)P)P(P)P)P(P(P)P)P(P)P.[PH-]P([PH-])P(P(P(P)P)P(P)P)P(P(P)P)P(P)P. The fourth-order valence-corrected chi connectivity index (χ4v) is 425. The first-order valence-electron chi connectivity index (χ1n) is 43.4. The van der Waals surface area contributed by atoms with Gasteiger partial charge in [0.25, 0.3) is 6.29 Å². The molecule has 816 valence electrons. The molecule has 65 heteroatoms. The second-order valence-electron chi connectivity index (χ2n) is 31.2.